The number of benzene rings is 1. The standard InChI is InChI=1S/C18H21N3O2S/c1-13-3-2-6-21(9-13)17-8-18(20-11-19-17)24-10-14-4-5-15-16(7-14)23-12-22-15/h4-5,7-8,11,13H,2-3,6,9-10,12H2,1H3. The van der Waals surface area contributed by atoms with Gasteiger partial charge in [-0.25, -0.2) is 9.97 Å². The van der Waals surface area contributed by atoms with Crippen LogP contribution in [-0.2, 0) is 5.75 Å². The summed E-state index contributed by atoms with van der Waals surface area (Å²) >= 11 is 1.72. The number of piperidine rings is 1. The lowest BCUT2D eigenvalue weighted by atomic mass is 10.0. The van der Waals surface area contributed by atoms with Crippen LogP contribution in [-0.4, -0.2) is 29.9 Å². The first-order valence-corrected chi connectivity index (χ1v) is 9.35. The molecule has 5 nitrogen and oxygen atoms in total. The molecule has 0 N–H and O–H groups in total. The molecule has 0 radical (unpaired) electrons. The Hall–Kier alpha value is -1.95. The first-order chi connectivity index (χ1) is 11.8. The first-order valence-electron chi connectivity index (χ1n) is 8.36. The van der Waals surface area contributed by atoms with E-state index in [1.807, 2.05) is 12.1 Å². The molecule has 1 saturated heterocycles. The second kappa shape index (κ2) is 6.89. The molecule has 0 aliphatic carbocycles. The number of anilines is 1. The van der Waals surface area contributed by atoms with Crippen molar-refractivity contribution in [3.8, 4) is 11.5 Å². The predicted molar refractivity (Wildman–Crippen MR) is 94.8 cm³/mol. The van der Waals surface area contributed by atoms with Crippen LogP contribution in [0.3, 0.4) is 0 Å². The second-order valence-electron chi connectivity index (χ2n) is 6.38. The SMILES string of the molecule is CC1CCCN(c2cc(SCc3ccc4c(c3)OCO4)ncn2)C1. The molecule has 24 heavy (non-hydrogen) atoms. The van der Waals surface area contributed by atoms with Crippen molar-refractivity contribution in [1.82, 2.24) is 9.97 Å². The van der Waals surface area contributed by atoms with Gasteiger partial charge in [0.15, 0.2) is 11.5 Å². The maximum absolute atomic E-state index is 5.44. The molecule has 1 fully saturated rings. The average molecular weight is 343 g/mol. The van der Waals surface area contributed by atoms with E-state index in [0.717, 1.165) is 47.1 Å². The van der Waals surface area contributed by atoms with Gasteiger partial charge in [-0.3, -0.25) is 0 Å². The van der Waals surface area contributed by atoms with E-state index < -0.39 is 0 Å². The Labute approximate surface area is 146 Å². The van der Waals surface area contributed by atoms with Crippen molar-refractivity contribution >= 4 is 17.6 Å². The molecule has 1 aromatic heterocycles. The van der Waals surface area contributed by atoms with Crippen LogP contribution in [0.2, 0.25) is 0 Å². The zero-order valence-corrected chi connectivity index (χ0v) is 14.6. The van der Waals surface area contributed by atoms with Crippen LogP contribution >= 0.6 is 11.8 Å². The fourth-order valence-corrected chi connectivity index (χ4v) is 3.97. The van der Waals surface area contributed by atoms with Crippen LogP contribution in [0.5, 0.6) is 11.5 Å². The fourth-order valence-electron chi connectivity index (χ4n) is 3.17. The van der Waals surface area contributed by atoms with Gasteiger partial charge in [0, 0.05) is 24.9 Å². The van der Waals surface area contributed by atoms with Crippen LogP contribution in [0, 0.1) is 5.92 Å². The van der Waals surface area contributed by atoms with E-state index in [-0.39, 0.29) is 0 Å². The second-order valence-corrected chi connectivity index (χ2v) is 7.38. The highest BCUT2D eigenvalue weighted by molar-refractivity contribution is 7.98. The Morgan fingerprint density at radius 1 is 1.21 bits per heavy atom. The summed E-state index contributed by atoms with van der Waals surface area (Å²) in [5.74, 6) is 4.29. The molecule has 3 heterocycles. The van der Waals surface area contributed by atoms with Crippen LogP contribution in [0.4, 0.5) is 5.82 Å². The van der Waals surface area contributed by atoms with E-state index in [2.05, 4.69) is 33.9 Å². The zero-order chi connectivity index (χ0) is 16.4. The summed E-state index contributed by atoms with van der Waals surface area (Å²) in [5.41, 5.74) is 1.20. The molecular formula is C18H21N3O2S. The van der Waals surface area contributed by atoms with Gasteiger partial charge < -0.3 is 14.4 Å². The van der Waals surface area contributed by atoms with Crippen LogP contribution in [0.1, 0.15) is 25.3 Å². The Bertz CT molecular complexity index is 725. The predicted octanol–water partition coefficient (Wildman–Crippen LogP) is 3.73. The first kappa shape index (κ1) is 15.6. The highest BCUT2D eigenvalue weighted by Crippen LogP contribution is 2.34. The van der Waals surface area contributed by atoms with Crippen LogP contribution in [0.25, 0.3) is 0 Å². The summed E-state index contributed by atoms with van der Waals surface area (Å²) in [4.78, 5) is 11.3. The maximum Gasteiger partial charge on any atom is 0.231 e. The molecule has 1 unspecified atom stereocenters. The third-order valence-corrected chi connectivity index (χ3v) is 5.43. The van der Waals surface area contributed by atoms with Crippen molar-refractivity contribution < 1.29 is 9.47 Å². The molecular weight excluding hydrogens is 322 g/mol. The van der Waals surface area contributed by atoms with Gasteiger partial charge in [-0.1, -0.05) is 13.0 Å². The number of thioether (sulfide) groups is 1. The summed E-state index contributed by atoms with van der Waals surface area (Å²) in [6.45, 7) is 4.80. The van der Waals surface area contributed by atoms with E-state index in [4.69, 9.17) is 9.47 Å². The van der Waals surface area contributed by atoms with Crippen molar-refractivity contribution in [1.29, 1.82) is 0 Å². The third-order valence-electron chi connectivity index (χ3n) is 4.43. The minimum absolute atomic E-state index is 0.315. The van der Waals surface area contributed by atoms with Gasteiger partial charge in [0.25, 0.3) is 0 Å². The minimum atomic E-state index is 0.315. The molecule has 4 rings (SSSR count). The number of nitrogens with zero attached hydrogens (tertiary/aromatic N) is 3. The Kier molecular flexibility index (Phi) is 4.47. The minimum Gasteiger partial charge on any atom is -0.454 e. The number of ether oxygens (including phenoxy) is 2. The molecule has 0 amide bonds. The molecule has 1 atom stereocenters. The summed E-state index contributed by atoms with van der Waals surface area (Å²) in [6, 6.07) is 8.20. The Morgan fingerprint density at radius 3 is 3.04 bits per heavy atom. The molecule has 0 spiro atoms. The number of fused-ring (bicyclic) bond motifs is 1. The molecule has 0 saturated carbocycles. The van der Waals surface area contributed by atoms with Crippen molar-refractivity contribution in [3.05, 3.63) is 36.2 Å². The van der Waals surface area contributed by atoms with Gasteiger partial charge in [-0.2, -0.15) is 0 Å². The van der Waals surface area contributed by atoms with E-state index >= 15 is 0 Å². The summed E-state index contributed by atoms with van der Waals surface area (Å²) < 4.78 is 10.8. The number of hydrogen-bond acceptors (Lipinski definition) is 6. The molecule has 6 heteroatoms. The molecule has 0 bridgehead atoms. The summed E-state index contributed by atoms with van der Waals surface area (Å²) in [7, 11) is 0. The number of rotatable bonds is 4. The van der Waals surface area contributed by atoms with E-state index in [1.165, 1.54) is 18.4 Å². The van der Waals surface area contributed by atoms with Gasteiger partial charge in [0.1, 0.15) is 17.2 Å². The number of aromatic nitrogens is 2. The fraction of sp³-hybridized carbons (Fsp3) is 0.444. The monoisotopic (exact) mass is 343 g/mol. The zero-order valence-electron chi connectivity index (χ0n) is 13.8. The summed E-state index contributed by atoms with van der Waals surface area (Å²) in [6.07, 6.45) is 4.23. The van der Waals surface area contributed by atoms with E-state index in [1.54, 1.807) is 18.1 Å². The molecule has 2 aromatic rings. The Balaban J connectivity index is 1.42. The van der Waals surface area contributed by atoms with E-state index in [0.29, 0.717) is 6.79 Å². The van der Waals surface area contributed by atoms with Gasteiger partial charge in [-0.15, -0.1) is 11.8 Å². The highest BCUT2D eigenvalue weighted by Gasteiger charge is 2.18. The van der Waals surface area contributed by atoms with Gasteiger partial charge in [0.05, 0.1) is 0 Å². The maximum atomic E-state index is 5.44. The highest BCUT2D eigenvalue weighted by atomic mass is 32.2. The average Bonchev–Trinajstić information content (AvgIpc) is 3.08. The van der Waals surface area contributed by atoms with Crippen molar-refractivity contribution in [2.75, 3.05) is 24.8 Å². The molecule has 126 valence electrons. The van der Waals surface area contributed by atoms with E-state index in [9.17, 15) is 0 Å². The normalized spacial score (nSPS) is 19.5. The van der Waals surface area contributed by atoms with Crippen molar-refractivity contribution in [3.63, 3.8) is 0 Å². The lowest BCUT2D eigenvalue weighted by Gasteiger charge is -2.31. The van der Waals surface area contributed by atoms with Gasteiger partial charge in [0.2, 0.25) is 6.79 Å². The topological polar surface area (TPSA) is 47.5 Å². The quantitative estimate of drug-likeness (QED) is 0.623. The van der Waals surface area contributed by atoms with Crippen LogP contribution in [0.15, 0.2) is 35.6 Å². The lowest BCUT2D eigenvalue weighted by molar-refractivity contribution is 0.174. The van der Waals surface area contributed by atoms with Gasteiger partial charge in [-0.05, 0) is 36.5 Å². The number of hydrogen-bond donors (Lipinski definition) is 0. The lowest BCUT2D eigenvalue weighted by Crippen LogP contribution is -2.34. The Morgan fingerprint density at radius 2 is 2.12 bits per heavy atom. The smallest absolute Gasteiger partial charge is 0.231 e. The molecule has 2 aliphatic rings. The van der Waals surface area contributed by atoms with Crippen molar-refractivity contribution in [2.45, 2.75) is 30.5 Å². The molecule has 1 aromatic carbocycles. The van der Waals surface area contributed by atoms with Crippen LogP contribution < -0.4 is 14.4 Å². The summed E-state index contributed by atoms with van der Waals surface area (Å²) in [5, 5.41) is 1.01. The van der Waals surface area contributed by atoms with Crippen molar-refractivity contribution in [2.24, 2.45) is 5.92 Å². The largest absolute Gasteiger partial charge is 0.454 e. The molecule has 2 aliphatic heterocycles. The third kappa shape index (κ3) is 3.43. The van der Waals surface area contributed by atoms with Gasteiger partial charge >= 0.3 is 0 Å².